The van der Waals surface area contributed by atoms with E-state index in [1.165, 1.54) is 0 Å². The zero-order chi connectivity index (χ0) is 11.6. The van der Waals surface area contributed by atoms with Crippen LogP contribution in [0.5, 0.6) is 0 Å². The highest BCUT2D eigenvalue weighted by Crippen LogP contribution is 2.25. The van der Waals surface area contributed by atoms with Crippen molar-refractivity contribution in [2.24, 2.45) is 0 Å². The second-order valence-electron chi connectivity index (χ2n) is 3.10. The van der Waals surface area contributed by atoms with E-state index < -0.39 is 48.7 Å². The summed E-state index contributed by atoms with van der Waals surface area (Å²) < 4.78 is 27.6. The van der Waals surface area contributed by atoms with E-state index in [0.29, 0.717) is 0 Å². The summed E-state index contributed by atoms with van der Waals surface area (Å²) in [4.78, 5) is 0. The normalized spacial score (nSPS) is 43.9. The van der Waals surface area contributed by atoms with Gasteiger partial charge in [-0.15, -0.1) is 0 Å². The van der Waals surface area contributed by atoms with Gasteiger partial charge in [-0.3, -0.25) is 8.74 Å². The topological polar surface area (TPSA) is 137 Å². The monoisotopic (exact) mass is 244 g/mol. The Morgan fingerprint density at radius 2 is 2.13 bits per heavy atom. The van der Waals surface area contributed by atoms with Crippen molar-refractivity contribution in [2.45, 2.75) is 24.1 Å². The molecule has 5 N–H and O–H groups in total. The van der Waals surface area contributed by atoms with E-state index in [0.717, 1.165) is 0 Å². The van der Waals surface area contributed by atoms with Crippen molar-refractivity contribution in [3.8, 4) is 0 Å². The summed E-state index contributed by atoms with van der Waals surface area (Å²) in [6, 6.07) is 0. The highest BCUT2D eigenvalue weighted by molar-refractivity contribution is 7.74. The Morgan fingerprint density at radius 1 is 1.53 bits per heavy atom. The lowest BCUT2D eigenvalue weighted by atomic mass is 9.98. The minimum Gasteiger partial charge on any atom is -0.391 e. The molecule has 15 heavy (non-hydrogen) atoms. The molecule has 0 saturated carbocycles. The number of hydrogen-bond acceptors (Lipinski definition) is 7. The fraction of sp³-hybridized carbons (Fsp3) is 1.00. The molecule has 1 fully saturated rings. The van der Waals surface area contributed by atoms with Gasteiger partial charge < -0.3 is 25.2 Å². The van der Waals surface area contributed by atoms with Crippen molar-refractivity contribution in [1.82, 2.24) is 0 Å². The number of ether oxygens (including phenoxy) is 1. The predicted octanol–water partition coefficient (Wildman–Crippen LogP) is -3.06. The lowest BCUT2D eigenvalue weighted by Crippen LogP contribution is -2.63. The van der Waals surface area contributed by atoms with Crippen molar-refractivity contribution in [2.75, 3.05) is 13.2 Å². The second-order valence-corrected chi connectivity index (χ2v) is 3.73. The molecule has 0 aromatic carbocycles. The summed E-state index contributed by atoms with van der Waals surface area (Å²) in [6.07, 6.45) is -4.71. The first-order chi connectivity index (χ1) is 6.90. The maximum absolute atomic E-state index is 10.3. The Bertz CT molecular complexity index is 247. The Hall–Kier alpha value is -0.130. The van der Waals surface area contributed by atoms with Crippen LogP contribution in [0.2, 0.25) is 0 Å². The molecule has 0 radical (unpaired) electrons. The number of rotatable bonds is 3. The van der Waals surface area contributed by atoms with Gasteiger partial charge in [0.25, 0.3) is 0 Å². The zero-order valence-corrected chi connectivity index (χ0v) is 8.33. The molecule has 1 aliphatic rings. The number of aliphatic hydroxyl groups is 4. The lowest BCUT2D eigenvalue weighted by Gasteiger charge is -2.41. The molecular formula is C6H12O8S. The molecule has 0 amide bonds. The average molecular weight is 244 g/mol. The Kier molecular flexibility index (Phi) is 4.14. The van der Waals surface area contributed by atoms with Gasteiger partial charge in [0.05, 0.1) is 13.2 Å². The fourth-order valence-electron chi connectivity index (χ4n) is 1.21. The van der Waals surface area contributed by atoms with Crippen molar-refractivity contribution in [1.29, 1.82) is 0 Å². The van der Waals surface area contributed by atoms with E-state index >= 15 is 0 Å². The zero-order valence-electron chi connectivity index (χ0n) is 7.52. The van der Waals surface area contributed by atoms with Gasteiger partial charge in [0.1, 0.15) is 18.3 Å². The molecule has 1 unspecified atom stereocenters. The number of hydrogen-bond donors (Lipinski definition) is 5. The maximum Gasteiger partial charge on any atom is 0.302 e. The SMILES string of the molecule is O=S(O)O[C@@H]1CO[C@](O)(CO)[C@@H](O)[C@@H]1O. The Morgan fingerprint density at radius 3 is 2.60 bits per heavy atom. The van der Waals surface area contributed by atoms with Crippen LogP contribution in [-0.4, -0.2) is 66.5 Å². The molecular weight excluding hydrogens is 232 g/mol. The van der Waals surface area contributed by atoms with E-state index in [2.05, 4.69) is 8.92 Å². The molecule has 5 atom stereocenters. The quantitative estimate of drug-likeness (QED) is 0.330. The molecule has 1 heterocycles. The van der Waals surface area contributed by atoms with Crippen molar-refractivity contribution in [3.05, 3.63) is 0 Å². The summed E-state index contributed by atoms with van der Waals surface area (Å²) in [6.45, 7) is -1.35. The smallest absolute Gasteiger partial charge is 0.302 e. The average Bonchev–Trinajstić information content (AvgIpc) is 2.19. The minimum absolute atomic E-state index is 0.429. The van der Waals surface area contributed by atoms with E-state index in [9.17, 15) is 19.5 Å². The molecule has 0 aromatic heterocycles. The van der Waals surface area contributed by atoms with Gasteiger partial charge >= 0.3 is 11.4 Å². The summed E-state index contributed by atoms with van der Waals surface area (Å²) in [5.41, 5.74) is 0. The first-order valence-electron chi connectivity index (χ1n) is 4.02. The lowest BCUT2D eigenvalue weighted by molar-refractivity contribution is -0.328. The van der Waals surface area contributed by atoms with E-state index in [-0.39, 0.29) is 0 Å². The van der Waals surface area contributed by atoms with Crippen LogP contribution in [0.25, 0.3) is 0 Å². The van der Waals surface area contributed by atoms with Gasteiger partial charge in [0.2, 0.25) is 5.79 Å². The van der Waals surface area contributed by atoms with Crippen molar-refractivity contribution in [3.63, 3.8) is 0 Å². The molecule has 0 spiro atoms. The van der Waals surface area contributed by atoms with Gasteiger partial charge in [0.15, 0.2) is 0 Å². The van der Waals surface area contributed by atoms with E-state index in [1.807, 2.05) is 0 Å². The molecule has 1 saturated heterocycles. The summed E-state index contributed by atoms with van der Waals surface area (Å²) >= 11 is -2.62. The highest BCUT2D eigenvalue weighted by atomic mass is 32.2. The van der Waals surface area contributed by atoms with Crippen LogP contribution in [0.4, 0.5) is 0 Å². The highest BCUT2D eigenvalue weighted by Gasteiger charge is 2.49. The van der Waals surface area contributed by atoms with Gasteiger partial charge in [-0.1, -0.05) is 0 Å². The third-order valence-corrected chi connectivity index (χ3v) is 2.51. The molecule has 8 nitrogen and oxygen atoms in total. The summed E-state index contributed by atoms with van der Waals surface area (Å²) in [5.74, 6) is -2.28. The largest absolute Gasteiger partial charge is 0.391 e. The van der Waals surface area contributed by atoms with Crippen molar-refractivity contribution < 1.29 is 38.1 Å². The summed E-state index contributed by atoms with van der Waals surface area (Å²) in [7, 11) is 0. The molecule has 90 valence electrons. The molecule has 1 aliphatic heterocycles. The van der Waals surface area contributed by atoms with Crippen LogP contribution in [0, 0.1) is 0 Å². The third-order valence-electron chi connectivity index (χ3n) is 2.10. The molecule has 0 aliphatic carbocycles. The molecule has 0 bridgehead atoms. The second kappa shape index (κ2) is 4.80. The Balaban J connectivity index is 2.68. The maximum atomic E-state index is 10.3. The van der Waals surface area contributed by atoms with Crippen molar-refractivity contribution >= 4 is 11.4 Å². The van der Waals surface area contributed by atoms with Crippen LogP contribution < -0.4 is 0 Å². The first kappa shape index (κ1) is 12.9. The number of aliphatic hydroxyl groups excluding tert-OH is 3. The van der Waals surface area contributed by atoms with Gasteiger partial charge in [0, 0.05) is 0 Å². The van der Waals surface area contributed by atoms with Crippen LogP contribution >= 0.6 is 0 Å². The molecule has 9 heteroatoms. The Labute approximate surface area is 87.5 Å². The van der Waals surface area contributed by atoms with Gasteiger partial charge in [-0.05, 0) is 0 Å². The van der Waals surface area contributed by atoms with Gasteiger partial charge in [-0.25, -0.2) is 0 Å². The fourth-order valence-corrected chi connectivity index (χ4v) is 1.59. The first-order valence-corrected chi connectivity index (χ1v) is 5.05. The van der Waals surface area contributed by atoms with Gasteiger partial charge in [-0.2, -0.15) is 4.21 Å². The third kappa shape index (κ3) is 2.71. The molecule has 0 aromatic rings. The van der Waals surface area contributed by atoms with Crippen LogP contribution in [0.3, 0.4) is 0 Å². The summed E-state index contributed by atoms with van der Waals surface area (Å²) in [5, 5.41) is 36.8. The minimum atomic E-state index is -2.62. The standard InChI is InChI=1S/C6H12O8S/c7-2-6(10)5(9)4(8)3(1-13-6)14-15(11)12/h3-5,7-10H,1-2H2,(H,11,12)/t3-,4-,5+,6-/m1/s1. The molecule has 1 rings (SSSR count). The van der Waals surface area contributed by atoms with Crippen LogP contribution in [-0.2, 0) is 20.3 Å². The van der Waals surface area contributed by atoms with E-state index in [1.54, 1.807) is 0 Å². The van der Waals surface area contributed by atoms with Crippen LogP contribution in [0.15, 0.2) is 0 Å². The predicted molar refractivity (Wildman–Crippen MR) is 45.6 cm³/mol. The van der Waals surface area contributed by atoms with E-state index in [4.69, 9.17) is 9.66 Å². The van der Waals surface area contributed by atoms with Crippen LogP contribution in [0.1, 0.15) is 0 Å².